The van der Waals surface area contributed by atoms with Crippen LogP contribution < -0.4 is 0 Å². The highest BCUT2D eigenvalue weighted by molar-refractivity contribution is 6.01. The van der Waals surface area contributed by atoms with Crippen molar-refractivity contribution in [3.63, 3.8) is 0 Å². The van der Waals surface area contributed by atoms with Crippen LogP contribution in [0, 0.1) is 0 Å². The molecule has 21 heavy (non-hydrogen) atoms. The molecule has 6 nitrogen and oxygen atoms in total. The monoisotopic (exact) mass is 290 g/mol. The quantitative estimate of drug-likeness (QED) is 0.825. The maximum atomic E-state index is 11.3. The van der Waals surface area contributed by atoms with Crippen molar-refractivity contribution in [2.24, 2.45) is 0 Å². The van der Waals surface area contributed by atoms with Crippen molar-refractivity contribution >= 4 is 23.0 Å². The molecule has 0 aliphatic rings. The first-order valence-corrected chi connectivity index (χ1v) is 6.86. The van der Waals surface area contributed by atoms with Gasteiger partial charge in [-0.1, -0.05) is 13.0 Å². The van der Waals surface area contributed by atoms with Gasteiger partial charge in [0.2, 0.25) is 0 Å². The molecule has 0 aliphatic carbocycles. The summed E-state index contributed by atoms with van der Waals surface area (Å²) in [6.45, 7) is 2.46. The minimum atomic E-state index is -0.999. The van der Waals surface area contributed by atoms with Crippen LogP contribution in [-0.2, 0) is 22.5 Å². The van der Waals surface area contributed by atoms with Gasteiger partial charge in [0.1, 0.15) is 11.3 Å². The van der Waals surface area contributed by atoms with Gasteiger partial charge in [-0.05, 0) is 18.6 Å². The third kappa shape index (κ3) is 3.04. The summed E-state index contributed by atoms with van der Waals surface area (Å²) in [5.41, 5.74) is 1.39. The fraction of sp³-hybridized carbons (Fsp3) is 0.400. The molecule has 6 heteroatoms. The van der Waals surface area contributed by atoms with Crippen LogP contribution in [0.2, 0.25) is 0 Å². The number of carboxylic acid groups (broad SMARTS) is 1. The van der Waals surface area contributed by atoms with Gasteiger partial charge in [-0.15, -0.1) is 0 Å². The lowest BCUT2D eigenvalue weighted by atomic mass is 10.2. The number of benzene rings is 1. The highest BCUT2D eigenvalue weighted by Gasteiger charge is 2.17. The Hall–Kier alpha value is -2.37. The lowest BCUT2D eigenvalue weighted by Gasteiger charge is -2.07. The molecule has 2 aromatic rings. The number of hydrogen-bond donors (Lipinski definition) is 1. The van der Waals surface area contributed by atoms with E-state index in [0.29, 0.717) is 12.1 Å². The van der Waals surface area contributed by atoms with Gasteiger partial charge < -0.3 is 14.4 Å². The number of esters is 1. The molecule has 0 amide bonds. The molecule has 0 saturated carbocycles. The van der Waals surface area contributed by atoms with Crippen LogP contribution in [0.1, 0.15) is 35.9 Å². The number of nitrogens with zero attached hydrogens (tertiary/aromatic N) is 2. The molecule has 0 radical (unpaired) electrons. The lowest BCUT2D eigenvalue weighted by molar-refractivity contribution is -0.140. The van der Waals surface area contributed by atoms with E-state index in [2.05, 4.69) is 9.72 Å². The predicted octanol–water partition coefficient (Wildman–Crippen LogP) is 2.25. The second-order valence-corrected chi connectivity index (χ2v) is 4.73. The summed E-state index contributed by atoms with van der Waals surface area (Å²) in [5.74, 6) is -0.500. The van der Waals surface area contributed by atoms with Gasteiger partial charge in [0.05, 0.1) is 24.6 Å². The van der Waals surface area contributed by atoms with Crippen LogP contribution in [0.3, 0.4) is 0 Å². The number of hydrogen-bond acceptors (Lipinski definition) is 4. The zero-order valence-corrected chi connectivity index (χ0v) is 12.1. The molecule has 0 atom stereocenters. The largest absolute Gasteiger partial charge is 0.478 e. The highest BCUT2D eigenvalue weighted by Crippen LogP contribution is 2.21. The number of carbonyl (C=O) groups is 2. The topological polar surface area (TPSA) is 81.4 Å². The number of aromatic carboxylic acids is 1. The minimum absolute atomic E-state index is 0.182. The van der Waals surface area contributed by atoms with Gasteiger partial charge in [-0.3, -0.25) is 4.79 Å². The summed E-state index contributed by atoms with van der Waals surface area (Å²) in [6.07, 6.45) is 1.86. The number of para-hydroxylation sites is 1. The van der Waals surface area contributed by atoms with Gasteiger partial charge in [0, 0.05) is 13.0 Å². The number of aryl methyl sites for hydroxylation is 2. The van der Waals surface area contributed by atoms with Crippen LogP contribution in [0.5, 0.6) is 0 Å². The van der Waals surface area contributed by atoms with Crippen LogP contribution in [0.4, 0.5) is 0 Å². The standard InChI is InChI=1S/C15H18N2O4/c1-3-5-12-16-14-10(15(19)20)6-4-7-11(14)17(12)9-8-13(18)21-2/h4,6-7H,3,5,8-9H2,1-2H3,(H,19,20). The Morgan fingerprint density at radius 1 is 1.38 bits per heavy atom. The van der Waals surface area contributed by atoms with E-state index in [4.69, 9.17) is 0 Å². The number of aromatic nitrogens is 2. The maximum absolute atomic E-state index is 11.3. The zero-order valence-electron chi connectivity index (χ0n) is 12.1. The van der Waals surface area contributed by atoms with Crippen LogP contribution >= 0.6 is 0 Å². The highest BCUT2D eigenvalue weighted by atomic mass is 16.5. The number of rotatable bonds is 6. The Balaban J connectivity index is 2.50. The molecule has 0 bridgehead atoms. The van der Waals surface area contributed by atoms with Crippen LogP contribution in [0.15, 0.2) is 18.2 Å². The third-order valence-electron chi connectivity index (χ3n) is 3.33. The molecule has 0 aliphatic heterocycles. The van der Waals surface area contributed by atoms with E-state index in [1.54, 1.807) is 6.07 Å². The predicted molar refractivity (Wildman–Crippen MR) is 77.3 cm³/mol. The summed E-state index contributed by atoms with van der Waals surface area (Å²) >= 11 is 0. The van der Waals surface area contributed by atoms with Crippen molar-refractivity contribution in [3.8, 4) is 0 Å². The Morgan fingerprint density at radius 3 is 2.76 bits per heavy atom. The number of carbonyl (C=O) groups excluding carboxylic acids is 1. The van der Waals surface area contributed by atoms with Crippen molar-refractivity contribution in [1.29, 1.82) is 0 Å². The molecule has 1 aromatic carbocycles. The van der Waals surface area contributed by atoms with Crippen molar-refractivity contribution in [2.45, 2.75) is 32.7 Å². The van der Waals surface area contributed by atoms with E-state index >= 15 is 0 Å². The Labute approximate surface area is 122 Å². The Morgan fingerprint density at radius 2 is 2.14 bits per heavy atom. The van der Waals surface area contributed by atoms with Crippen molar-refractivity contribution < 1.29 is 19.4 Å². The number of ether oxygens (including phenoxy) is 1. The van der Waals surface area contributed by atoms with Gasteiger partial charge >= 0.3 is 11.9 Å². The molecule has 0 unspecified atom stereocenters. The lowest BCUT2D eigenvalue weighted by Crippen LogP contribution is -2.09. The van der Waals surface area contributed by atoms with E-state index in [1.165, 1.54) is 13.2 Å². The SMILES string of the molecule is CCCc1nc2c(C(=O)O)cccc2n1CCC(=O)OC. The fourth-order valence-corrected chi connectivity index (χ4v) is 2.34. The van der Waals surface area contributed by atoms with Crippen molar-refractivity contribution in [1.82, 2.24) is 9.55 Å². The maximum Gasteiger partial charge on any atom is 0.337 e. The normalized spacial score (nSPS) is 10.8. The number of carboxylic acids is 1. The molecule has 1 aromatic heterocycles. The van der Waals surface area contributed by atoms with E-state index < -0.39 is 5.97 Å². The fourth-order valence-electron chi connectivity index (χ4n) is 2.34. The molecule has 2 rings (SSSR count). The molecule has 112 valence electrons. The minimum Gasteiger partial charge on any atom is -0.478 e. The van der Waals surface area contributed by atoms with Crippen LogP contribution in [-0.4, -0.2) is 33.7 Å². The third-order valence-corrected chi connectivity index (χ3v) is 3.33. The van der Waals surface area contributed by atoms with Gasteiger partial charge in [-0.2, -0.15) is 0 Å². The second-order valence-electron chi connectivity index (χ2n) is 4.73. The van der Waals surface area contributed by atoms with Crippen molar-refractivity contribution in [2.75, 3.05) is 7.11 Å². The second kappa shape index (κ2) is 6.39. The zero-order chi connectivity index (χ0) is 15.4. The summed E-state index contributed by atoms with van der Waals surface area (Å²) in [5, 5.41) is 9.25. The Kier molecular flexibility index (Phi) is 4.57. The molecule has 0 saturated heterocycles. The average Bonchev–Trinajstić information content (AvgIpc) is 2.82. The first kappa shape index (κ1) is 15.0. The molecule has 1 heterocycles. The molecular weight excluding hydrogens is 272 g/mol. The summed E-state index contributed by atoms with van der Waals surface area (Å²) < 4.78 is 6.56. The Bertz CT molecular complexity index is 676. The summed E-state index contributed by atoms with van der Waals surface area (Å²) in [6, 6.07) is 5.06. The first-order chi connectivity index (χ1) is 10.1. The molecule has 0 spiro atoms. The van der Waals surface area contributed by atoms with E-state index in [1.807, 2.05) is 17.6 Å². The molecule has 1 N–H and O–H groups in total. The van der Waals surface area contributed by atoms with E-state index in [0.717, 1.165) is 24.2 Å². The summed E-state index contributed by atoms with van der Waals surface area (Å²) in [4.78, 5) is 27.1. The van der Waals surface area contributed by atoms with E-state index in [-0.39, 0.29) is 18.0 Å². The van der Waals surface area contributed by atoms with Crippen molar-refractivity contribution in [3.05, 3.63) is 29.6 Å². The van der Waals surface area contributed by atoms with Gasteiger partial charge in [0.15, 0.2) is 0 Å². The number of methoxy groups -OCH3 is 1. The summed E-state index contributed by atoms with van der Waals surface area (Å²) in [7, 11) is 1.35. The average molecular weight is 290 g/mol. The molecule has 0 fully saturated rings. The van der Waals surface area contributed by atoms with Gasteiger partial charge in [0.25, 0.3) is 0 Å². The number of fused-ring (bicyclic) bond motifs is 1. The molecular formula is C15H18N2O4. The van der Waals surface area contributed by atoms with Gasteiger partial charge in [-0.25, -0.2) is 9.78 Å². The number of imidazole rings is 1. The van der Waals surface area contributed by atoms with E-state index in [9.17, 15) is 14.7 Å². The van der Waals surface area contributed by atoms with Crippen LogP contribution in [0.25, 0.3) is 11.0 Å². The first-order valence-electron chi connectivity index (χ1n) is 6.86. The smallest absolute Gasteiger partial charge is 0.337 e.